The molecule has 0 saturated carbocycles. The van der Waals surface area contributed by atoms with Gasteiger partial charge in [-0.05, 0) is 55.0 Å². The van der Waals surface area contributed by atoms with Gasteiger partial charge in [-0.1, -0.05) is 24.9 Å². The zero-order valence-corrected chi connectivity index (χ0v) is 15.1. The van der Waals surface area contributed by atoms with Gasteiger partial charge in [0, 0.05) is 16.3 Å². The van der Waals surface area contributed by atoms with E-state index in [2.05, 4.69) is 12.2 Å². The Balaban J connectivity index is 2.24. The highest BCUT2D eigenvalue weighted by atomic mass is 35.5. The Morgan fingerprint density at radius 1 is 1.31 bits per heavy atom. The van der Waals surface area contributed by atoms with E-state index < -0.39 is 5.91 Å². The van der Waals surface area contributed by atoms with Gasteiger partial charge in [-0.3, -0.25) is 4.79 Å². The number of carbonyl (C=O) groups is 1. The number of hydrogen-bond acceptors (Lipinski definition) is 4. The number of amides is 1. The molecule has 0 aromatic heterocycles. The number of nitriles is 1. The van der Waals surface area contributed by atoms with E-state index in [0.717, 1.165) is 12.8 Å². The van der Waals surface area contributed by atoms with Crippen LogP contribution in [-0.4, -0.2) is 17.6 Å². The number of anilines is 1. The first-order valence-electron chi connectivity index (χ1n) is 8.18. The van der Waals surface area contributed by atoms with Crippen LogP contribution in [0.4, 0.5) is 5.69 Å². The molecule has 26 heavy (non-hydrogen) atoms. The molecule has 134 valence electrons. The summed E-state index contributed by atoms with van der Waals surface area (Å²) in [7, 11) is 0. The highest BCUT2D eigenvalue weighted by Gasteiger charge is 2.12. The van der Waals surface area contributed by atoms with Gasteiger partial charge in [0.15, 0.2) is 0 Å². The average Bonchev–Trinajstić information content (AvgIpc) is 2.63. The number of hydrogen-bond donors (Lipinski definition) is 2. The van der Waals surface area contributed by atoms with E-state index in [-0.39, 0.29) is 11.3 Å². The number of unbranched alkanes of at least 4 members (excludes halogenated alkanes) is 1. The molecule has 1 amide bonds. The van der Waals surface area contributed by atoms with E-state index in [1.165, 1.54) is 18.2 Å². The highest BCUT2D eigenvalue weighted by molar-refractivity contribution is 6.30. The first-order chi connectivity index (χ1) is 12.5. The predicted octanol–water partition coefficient (Wildman–Crippen LogP) is 4.77. The van der Waals surface area contributed by atoms with Crippen LogP contribution in [0.1, 0.15) is 25.3 Å². The van der Waals surface area contributed by atoms with Crippen LogP contribution < -0.4 is 10.1 Å². The maximum Gasteiger partial charge on any atom is 0.266 e. The Labute approximate surface area is 157 Å². The Morgan fingerprint density at radius 2 is 2.04 bits per heavy atom. The van der Waals surface area contributed by atoms with E-state index in [0.29, 0.717) is 28.6 Å². The van der Waals surface area contributed by atoms with Crippen LogP contribution in [0.2, 0.25) is 5.02 Å². The third-order valence-corrected chi connectivity index (χ3v) is 3.75. The van der Waals surface area contributed by atoms with Crippen LogP contribution in [0, 0.1) is 11.3 Å². The van der Waals surface area contributed by atoms with Crippen molar-refractivity contribution >= 4 is 29.3 Å². The van der Waals surface area contributed by atoms with Crippen LogP contribution in [0.25, 0.3) is 6.08 Å². The second kappa shape index (κ2) is 9.50. The SMILES string of the molecule is CCCCOc1ccc(Cl)cc1/C=C(\C#N)C(=O)Nc1ccc(O)cc1. The summed E-state index contributed by atoms with van der Waals surface area (Å²) in [6.45, 7) is 2.61. The maximum atomic E-state index is 12.4. The standard InChI is InChI=1S/C20H19ClN2O3/c1-2-3-10-26-19-9-4-16(21)12-14(19)11-15(13-22)20(25)23-17-5-7-18(24)8-6-17/h4-9,11-12,24H,2-3,10H2,1H3,(H,23,25)/b15-11+. The lowest BCUT2D eigenvalue weighted by atomic mass is 10.1. The minimum absolute atomic E-state index is 0.0827. The fourth-order valence-electron chi connectivity index (χ4n) is 2.14. The molecule has 2 N–H and O–H groups in total. The Bertz CT molecular complexity index is 839. The van der Waals surface area contributed by atoms with Crippen LogP contribution in [0.15, 0.2) is 48.0 Å². The van der Waals surface area contributed by atoms with E-state index in [4.69, 9.17) is 16.3 Å². The molecule has 0 fully saturated rings. The summed E-state index contributed by atoms with van der Waals surface area (Å²) >= 11 is 6.04. The lowest BCUT2D eigenvalue weighted by Crippen LogP contribution is -2.13. The molecule has 0 atom stereocenters. The van der Waals surface area contributed by atoms with Crippen molar-refractivity contribution in [2.45, 2.75) is 19.8 Å². The molecule has 0 unspecified atom stereocenters. The molecule has 0 heterocycles. The van der Waals surface area contributed by atoms with Gasteiger partial charge in [-0.2, -0.15) is 5.26 Å². The van der Waals surface area contributed by atoms with Crippen molar-refractivity contribution in [1.82, 2.24) is 0 Å². The third kappa shape index (κ3) is 5.54. The molecule has 2 aromatic rings. The van der Waals surface area contributed by atoms with Crippen LogP contribution in [0.3, 0.4) is 0 Å². The van der Waals surface area contributed by atoms with Gasteiger partial charge in [0.2, 0.25) is 0 Å². The normalized spacial score (nSPS) is 10.9. The predicted molar refractivity (Wildman–Crippen MR) is 102 cm³/mol. The molecule has 0 aliphatic heterocycles. The number of carbonyl (C=O) groups excluding carboxylic acids is 1. The summed E-state index contributed by atoms with van der Waals surface area (Å²) in [5.74, 6) is 0.0950. The van der Waals surface area contributed by atoms with Gasteiger partial charge >= 0.3 is 0 Å². The Morgan fingerprint density at radius 3 is 2.69 bits per heavy atom. The van der Waals surface area contributed by atoms with Crippen molar-refractivity contribution in [3.05, 3.63) is 58.6 Å². The number of nitrogens with one attached hydrogen (secondary N) is 1. The number of halogens is 1. The molecule has 0 saturated heterocycles. The second-order valence-electron chi connectivity index (χ2n) is 5.55. The van der Waals surface area contributed by atoms with E-state index in [1.54, 1.807) is 30.3 Å². The minimum atomic E-state index is -0.558. The van der Waals surface area contributed by atoms with Crippen molar-refractivity contribution in [3.63, 3.8) is 0 Å². The molecular weight excluding hydrogens is 352 g/mol. The molecule has 0 radical (unpaired) electrons. The quantitative estimate of drug-likeness (QED) is 0.318. The van der Waals surface area contributed by atoms with Gasteiger partial charge in [0.05, 0.1) is 6.61 Å². The Kier molecular flexibility index (Phi) is 7.07. The average molecular weight is 371 g/mol. The zero-order chi connectivity index (χ0) is 18.9. The first kappa shape index (κ1) is 19.4. The van der Waals surface area contributed by atoms with Crippen LogP contribution in [0.5, 0.6) is 11.5 Å². The van der Waals surface area contributed by atoms with Gasteiger partial charge < -0.3 is 15.2 Å². The summed E-state index contributed by atoms with van der Waals surface area (Å²) in [6.07, 6.45) is 3.35. The molecule has 6 heteroatoms. The lowest BCUT2D eigenvalue weighted by molar-refractivity contribution is -0.112. The molecule has 5 nitrogen and oxygen atoms in total. The van der Waals surface area contributed by atoms with Crippen molar-refractivity contribution in [2.24, 2.45) is 0 Å². The number of phenolic OH excluding ortho intramolecular Hbond substituents is 1. The van der Waals surface area contributed by atoms with E-state index >= 15 is 0 Å². The molecule has 0 aliphatic carbocycles. The monoisotopic (exact) mass is 370 g/mol. The second-order valence-corrected chi connectivity index (χ2v) is 5.99. The van der Waals surface area contributed by atoms with Gasteiger partial charge in [-0.15, -0.1) is 0 Å². The fourth-order valence-corrected chi connectivity index (χ4v) is 2.32. The molecule has 0 bridgehead atoms. The summed E-state index contributed by atoms with van der Waals surface area (Å²) in [4.78, 5) is 12.4. The van der Waals surface area contributed by atoms with Crippen molar-refractivity contribution in [1.29, 1.82) is 5.26 Å². The number of nitrogens with zero attached hydrogens (tertiary/aromatic N) is 1. The van der Waals surface area contributed by atoms with E-state index in [9.17, 15) is 15.2 Å². The maximum absolute atomic E-state index is 12.4. The number of ether oxygens (including phenoxy) is 1. The third-order valence-electron chi connectivity index (χ3n) is 3.52. The zero-order valence-electron chi connectivity index (χ0n) is 14.3. The molecular formula is C20H19ClN2O3. The van der Waals surface area contributed by atoms with Gasteiger partial charge in [-0.25, -0.2) is 0 Å². The lowest BCUT2D eigenvalue weighted by Gasteiger charge is -2.10. The van der Waals surface area contributed by atoms with E-state index in [1.807, 2.05) is 6.07 Å². The first-order valence-corrected chi connectivity index (χ1v) is 8.55. The van der Waals surface area contributed by atoms with Crippen LogP contribution in [-0.2, 0) is 4.79 Å². The topological polar surface area (TPSA) is 82.3 Å². The minimum Gasteiger partial charge on any atom is -0.508 e. The summed E-state index contributed by atoms with van der Waals surface area (Å²) in [6, 6.07) is 12.9. The van der Waals surface area contributed by atoms with Crippen molar-refractivity contribution in [3.8, 4) is 17.6 Å². The number of rotatable bonds is 7. The van der Waals surface area contributed by atoms with Gasteiger partial charge in [0.25, 0.3) is 5.91 Å². The number of phenols is 1. The summed E-state index contributed by atoms with van der Waals surface area (Å²) < 4.78 is 5.72. The molecule has 2 aromatic carbocycles. The number of aromatic hydroxyl groups is 1. The van der Waals surface area contributed by atoms with Gasteiger partial charge in [0.1, 0.15) is 23.1 Å². The number of benzene rings is 2. The summed E-state index contributed by atoms with van der Waals surface area (Å²) in [5.41, 5.74) is 0.950. The smallest absolute Gasteiger partial charge is 0.266 e. The molecule has 0 spiro atoms. The highest BCUT2D eigenvalue weighted by Crippen LogP contribution is 2.26. The fraction of sp³-hybridized carbons (Fsp3) is 0.200. The molecule has 0 aliphatic rings. The summed E-state index contributed by atoms with van der Waals surface area (Å²) in [5, 5.41) is 21.7. The Hall–Kier alpha value is -2.97. The van der Waals surface area contributed by atoms with Crippen molar-refractivity contribution < 1.29 is 14.6 Å². The van der Waals surface area contributed by atoms with Crippen LogP contribution >= 0.6 is 11.6 Å². The molecule has 2 rings (SSSR count). The van der Waals surface area contributed by atoms with Crippen molar-refractivity contribution in [2.75, 3.05) is 11.9 Å². The largest absolute Gasteiger partial charge is 0.508 e.